The normalized spacial score (nSPS) is 10.9. The number of benzene rings is 2. The van der Waals surface area contributed by atoms with Gasteiger partial charge in [0.2, 0.25) is 0 Å². The Morgan fingerprint density at radius 2 is 2.00 bits per heavy atom. The first-order valence-corrected chi connectivity index (χ1v) is 10.0. The molecule has 0 aliphatic rings. The molecule has 0 fully saturated rings. The van der Waals surface area contributed by atoms with Gasteiger partial charge >= 0.3 is 0 Å². The minimum absolute atomic E-state index is 0.134. The summed E-state index contributed by atoms with van der Waals surface area (Å²) in [4.78, 5) is 20.3. The molecule has 1 amide bonds. The second-order valence-corrected chi connectivity index (χ2v) is 7.57. The summed E-state index contributed by atoms with van der Waals surface area (Å²) >= 11 is 1.59. The van der Waals surface area contributed by atoms with Gasteiger partial charge in [-0.1, -0.05) is 30.3 Å². The Labute approximate surface area is 167 Å². The van der Waals surface area contributed by atoms with Gasteiger partial charge < -0.3 is 15.0 Å². The number of hydrogen-bond acceptors (Lipinski definition) is 4. The van der Waals surface area contributed by atoms with Crippen molar-refractivity contribution in [3.05, 3.63) is 81.9 Å². The van der Waals surface area contributed by atoms with Crippen LogP contribution in [0.25, 0.3) is 10.9 Å². The van der Waals surface area contributed by atoms with Crippen LogP contribution < -0.4 is 10.1 Å². The maximum absolute atomic E-state index is 12.7. The van der Waals surface area contributed by atoms with E-state index in [-0.39, 0.29) is 5.91 Å². The number of thiazole rings is 1. The number of rotatable bonds is 7. The third-order valence-corrected chi connectivity index (χ3v) is 5.35. The average molecular weight is 391 g/mol. The van der Waals surface area contributed by atoms with Crippen LogP contribution >= 0.6 is 11.3 Å². The summed E-state index contributed by atoms with van der Waals surface area (Å²) in [6.45, 7) is 2.87. The number of ether oxygens (including phenoxy) is 1. The highest BCUT2D eigenvalue weighted by Gasteiger charge is 2.13. The maximum Gasteiger partial charge on any atom is 0.255 e. The first kappa shape index (κ1) is 18.3. The largest absolute Gasteiger partial charge is 0.486 e. The summed E-state index contributed by atoms with van der Waals surface area (Å²) in [5, 5.41) is 7.17. The molecule has 28 heavy (non-hydrogen) atoms. The van der Waals surface area contributed by atoms with Crippen molar-refractivity contribution in [3.63, 3.8) is 0 Å². The van der Waals surface area contributed by atoms with Gasteiger partial charge in [0.1, 0.15) is 12.4 Å². The molecular formula is C22H21N3O2S. The average Bonchev–Trinajstić information content (AvgIpc) is 3.33. The standard InChI is InChI=1S/C22H21N3O2S/c1-15-25-17(14-28-15)13-27-21-9-5-3-7-19(21)22(26)23-11-10-16-12-24-20-8-4-2-6-18(16)20/h2-9,12,14,24H,10-11,13H2,1H3,(H,23,26). The highest BCUT2D eigenvalue weighted by molar-refractivity contribution is 7.09. The number of H-pyrrole nitrogens is 1. The van der Waals surface area contributed by atoms with Crippen molar-refractivity contribution in [1.29, 1.82) is 0 Å². The highest BCUT2D eigenvalue weighted by Crippen LogP contribution is 2.21. The van der Waals surface area contributed by atoms with E-state index >= 15 is 0 Å². The second kappa shape index (κ2) is 8.27. The molecule has 142 valence electrons. The molecule has 0 atom stereocenters. The minimum atomic E-state index is -0.134. The summed E-state index contributed by atoms with van der Waals surface area (Å²) < 4.78 is 5.85. The van der Waals surface area contributed by atoms with E-state index in [0.29, 0.717) is 24.5 Å². The van der Waals surface area contributed by atoms with Gasteiger partial charge in [-0.05, 0) is 37.1 Å². The zero-order chi connectivity index (χ0) is 19.3. The van der Waals surface area contributed by atoms with Crippen molar-refractivity contribution in [1.82, 2.24) is 15.3 Å². The Kier molecular flexibility index (Phi) is 5.39. The summed E-state index contributed by atoms with van der Waals surface area (Å²) in [6, 6.07) is 15.5. The highest BCUT2D eigenvalue weighted by atomic mass is 32.1. The van der Waals surface area contributed by atoms with Crippen molar-refractivity contribution in [2.75, 3.05) is 6.54 Å². The molecule has 0 spiro atoms. The van der Waals surface area contributed by atoms with E-state index in [1.54, 1.807) is 17.4 Å². The molecule has 2 aromatic heterocycles. The Bertz CT molecular complexity index is 1100. The minimum Gasteiger partial charge on any atom is -0.486 e. The summed E-state index contributed by atoms with van der Waals surface area (Å²) in [5.74, 6) is 0.433. The summed E-state index contributed by atoms with van der Waals surface area (Å²) in [5.41, 5.74) is 3.71. The van der Waals surface area contributed by atoms with Gasteiger partial charge in [0, 0.05) is 29.0 Å². The number of hydrogen-bond donors (Lipinski definition) is 2. The third-order valence-electron chi connectivity index (χ3n) is 4.53. The second-order valence-electron chi connectivity index (χ2n) is 6.51. The lowest BCUT2D eigenvalue weighted by Gasteiger charge is -2.11. The molecule has 4 aromatic rings. The van der Waals surface area contributed by atoms with Gasteiger partial charge in [0.25, 0.3) is 5.91 Å². The SMILES string of the molecule is Cc1nc(COc2ccccc2C(=O)NCCc2c[nH]c3ccccc23)cs1. The fraction of sp³-hybridized carbons (Fsp3) is 0.182. The van der Waals surface area contributed by atoms with Crippen molar-refractivity contribution in [2.45, 2.75) is 20.0 Å². The summed E-state index contributed by atoms with van der Waals surface area (Å²) in [6.07, 6.45) is 2.76. The van der Waals surface area contributed by atoms with E-state index in [0.717, 1.165) is 22.6 Å². The number of aromatic amines is 1. The van der Waals surface area contributed by atoms with Gasteiger partial charge in [-0.2, -0.15) is 0 Å². The molecule has 0 saturated carbocycles. The van der Waals surface area contributed by atoms with E-state index in [4.69, 9.17) is 4.74 Å². The van der Waals surface area contributed by atoms with Gasteiger partial charge in [-0.15, -0.1) is 11.3 Å². The zero-order valence-corrected chi connectivity index (χ0v) is 16.4. The van der Waals surface area contributed by atoms with E-state index in [9.17, 15) is 4.79 Å². The Hall–Kier alpha value is -3.12. The molecule has 2 heterocycles. The Morgan fingerprint density at radius 1 is 1.18 bits per heavy atom. The monoisotopic (exact) mass is 391 g/mol. The quantitative estimate of drug-likeness (QED) is 0.488. The van der Waals surface area contributed by atoms with Gasteiger partial charge in [-0.25, -0.2) is 4.98 Å². The van der Waals surface area contributed by atoms with Crippen LogP contribution in [0.2, 0.25) is 0 Å². The first-order valence-electron chi connectivity index (χ1n) is 9.17. The molecule has 6 heteroatoms. The number of nitrogens with zero attached hydrogens (tertiary/aromatic N) is 1. The van der Waals surface area contributed by atoms with E-state index in [1.807, 2.05) is 48.8 Å². The number of amides is 1. The predicted molar refractivity (Wildman–Crippen MR) is 112 cm³/mol. The number of fused-ring (bicyclic) bond motifs is 1. The lowest BCUT2D eigenvalue weighted by atomic mass is 10.1. The molecule has 5 nitrogen and oxygen atoms in total. The number of aromatic nitrogens is 2. The molecule has 4 rings (SSSR count). The molecule has 2 aromatic carbocycles. The van der Waals surface area contributed by atoms with E-state index in [2.05, 4.69) is 27.4 Å². The van der Waals surface area contributed by atoms with Crippen LogP contribution in [0.15, 0.2) is 60.1 Å². The molecule has 0 radical (unpaired) electrons. The van der Waals surface area contributed by atoms with Crippen molar-refractivity contribution >= 4 is 28.1 Å². The van der Waals surface area contributed by atoms with Gasteiger partial charge in [0.05, 0.1) is 16.3 Å². The molecule has 0 saturated heterocycles. The van der Waals surface area contributed by atoms with Crippen LogP contribution in [-0.2, 0) is 13.0 Å². The van der Waals surface area contributed by atoms with Crippen LogP contribution in [0.1, 0.15) is 26.6 Å². The number of para-hydroxylation sites is 2. The smallest absolute Gasteiger partial charge is 0.255 e. The lowest BCUT2D eigenvalue weighted by Crippen LogP contribution is -2.26. The van der Waals surface area contributed by atoms with Crippen LogP contribution in [0.3, 0.4) is 0 Å². The van der Waals surface area contributed by atoms with Crippen LogP contribution in [0.5, 0.6) is 5.75 Å². The molecule has 0 unspecified atom stereocenters. The summed E-state index contributed by atoms with van der Waals surface area (Å²) in [7, 11) is 0. The van der Waals surface area contributed by atoms with E-state index in [1.165, 1.54) is 10.9 Å². The molecule has 0 aliphatic carbocycles. The predicted octanol–water partition coefficient (Wildman–Crippen LogP) is 4.48. The van der Waals surface area contributed by atoms with Crippen LogP contribution in [0.4, 0.5) is 0 Å². The van der Waals surface area contributed by atoms with Gasteiger partial charge in [0.15, 0.2) is 0 Å². The zero-order valence-electron chi connectivity index (χ0n) is 15.6. The molecular weight excluding hydrogens is 370 g/mol. The lowest BCUT2D eigenvalue weighted by molar-refractivity contribution is 0.0949. The maximum atomic E-state index is 12.7. The number of carbonyl (C=O) groups excluding carboxylic acids is 1. The number of nitrogens with one attached hydrogen (secondary N) is 2. The Morgan fingerprint density at radius 3 is 2.86 bits per heavy atom. The fourth-order valence-electron chi connectivity index (χ4n) is 3.15. The van der Waals surface area contributed by atoms with Crippen LogP contribution in [-0.4, -0.2) is 22.4 Å². The number of aryl methyl sites for hydroxylation is 1. The Balaban J connectivity index is 1.38. The molecule has 2 N–H and O–H groups in total. The van der Waals surface area contributed by atoms with Crippen molar-refractivity contribution in [3.8, 4) is 5.75 Å². The van der Waals surface area contributed by atoms with Crippen LogP contribution in [0, 0.1) is 6.92 Å². The topological polar surface area (TPSA) is 67.0 Å². The van der Waals surface area contributed by atoms with Crippen molar-refractivity contribution < 1.29 is 9.53 Å². The number of carbonyl (C=O) groups is 1. The first-order chi connectivity index (χ1) is 13.7. The fourth-order valence-corrected chi connectivity index (χ4v) is 3.75. The van der Waals surface area contributed by atoms with E-state index < -0.39 is 0 Å². The molecule has 0 bridgehead atoms. The molecule has 0 aliphatic heterocycles. The third kappa shape index (κ3) is 4.07. The van der Waals surface area contributed by atoms with Gasteiger partial charge in [-0.3, -0.25) is 4.79 Å². The van der Waals surface area contributed by atoms with Crippen molar-refractivity contribution in [2.24, 2.45) is 0 Å².